The molecule has 0 radical (unpaired) electrons. The summed E-state index contributed by atoms with van der Waals surface area (Å²) in [4.78, 5) is 59.2. The minimum Gasteiger partial charge on any atom is -0.481 e. The van der Waals surface area contributed by atoms with Gasteiger partial charge in [-0.3, -0.25) is 28.8 Å². The summed E-state index contributed by atoms with van der Waals surface area (Å²) >= 11 is 0. The Balaban J connectivity index is -0.000000180. The predicted molar refractivity (Wildman–Crippen MR) is 93.1 cm³/mol. The van der Waals surface area contributed by atoms with Gasteiger partial charge in [-0.15, -0.1) is 0 Å². The highest BCUT2D eigenvalue weighted by atomic mass is 16.6. The first kappa shape index (κ1) is 32.5. The van der Waals surface area contributed by atoms with Crippen molar-refractivity contribution in [3.8, 4) is 0 Å². The second-order valence-electron chi connectivity index (χ2n) is 4.57. The third-order valence-electron chi connectivity index (χ3n) is 1.57. The van der Waals surface area contributed by atoms with Crippen LogP contribution in [-0.2, 0) is 47.7 Å². The lowest BCUT2D eigenvalue weighted by Crippen LogP contribution is -2.29. The van der Waals surface area contributed by atoms with Crippen LogP contribution >= 0.6 is 0 Å². The maximum Gasteiger partial charge on any atom is 0.303 e. The van der Waals surface area contributed by atoms with Crippen LogP contribution < -0.4 is 0 Å². The van der Waals surface area contributed by atoms with Gasteiger partial charge in [-0.25, -0.2) is 0 Å². The summed E-state index contributed by atoms with van der Waals surface area (Å²) in [6, 6.07) is 0. The van der Waals surface area contributed by atoms with Crippen molar-refractivity contribution in [3.63, 3.8) is 0 Å². The van der Waals surface area contributed by atoms with Crippen LogP contribution in [0.25, 0.3) is 0 Å². The Morgan fingerprint density at radius 3 is 1.04 bits per heavy atom. The van der Waals surface area contributed by atoms with Crippen molar-refractivity contribution in [1.29, 1.82) is 0 Å². The van der Waals surface area contributed by atoms with Crippen LogP contribution in [0.15, 0.2) is 0 Å². The number of carbonyl (C=O) groups excluding carboxylic acids is 4. The molecule has 164 valence electrons. The Morgan fingerprint density at radius 2 is 0.893 bits per heavy atom. The van der Waals surface area contributed by atoms with Crippen molar-refractivity contribution in [3.05, 3.63) is 0 Å². The summed E-state index contributed by atoms with van der Waals surface area (Å²) in [5.41, 5.74) is 0. The fraction of sp³-hybridized carbons (Fsp3) is 0.625. The lowest BCUT2D eigenvalue weighted by molar-refractivity contribution is -0.163. The average Bonchev–Trinajstić information content (AvgIpc) is 2.48. The van der Waals surface area contributed by atoms with Crippen molar-refractivity contribution < 1.29 is 57.9 Å². The SMILES string of the molecule is CC(=O)O.CC(=O)O.CC(=O)OCC(COC(C)=O)OC(C)=O.COC(C)=O. The maximum absolute atomic E-state index is 10.6. The van der Waals surface area contributed by atoms with Crippen LogP contribution in [0.4, 0.5) is 0 Å². The second kappa shape index (κ2) is 21.9. The van der Waals surface area contributed by atoms with E-state index < -0.39 is 36.0 Å². The van der Waals surface area contributed by atoms with E-state index in [1.807, 2.05) is 0 Å². The predicted octanol–water partition coefficient (Wildman–Crippen LogP) is 0.405. The fourth-order valence-corrected chi connectivity index (χ4v) is 0.771. The molecule has 0 aromatic rings. The number of ether oxygens (including phenoxy) is 4. The largest absolute Gasteiger partial charge is 0.481 e. The molecule has 0 rings (SSSR count). The standard InChI is InChI=1S/C9H14O6.C3H6O2.2C2H4O2/c1-6(10)13-4-9(15-8(3)12)5-14-7(2)11;1-3(4)5-2;2*1-2(3)4/h9H,4-5H2,1-3H3;1-2H3;2*1H3,(H,3,4). The van der Waals surface area contributed by atoms with Gasteiger partial charge < -0.3 is 29.2 Å². The molecule has 0 aromatic heterocycles. The molecule has 0 aromatic carbocycles. The summed E-state index contributed by atoms with van der Waals surface area (Å²) in [6.45, 7) is 6.96. The van der Waals surface area contributed by atoms with E-state index in [0.717, 1.165) is 13.8 Å². The van der Waals surface area contributed by atoms with Gasteiger partial charge >= 0.3 is 23.9 Å². The lowest BCUT2D eigenvalue weighted by atomic mass is 10.4. The van der Waals surface area contributed by atoms with Crippen LogP contribution in [0.1, 0.15) is 41.5 Å². The maximum atomic E-state index is 10.6. The summed E-state index contributed by atoms with van der Waals surface area (Å²) in [7, 11) is 1.35. The van der Waals surface area contributed by atoms with Gasteiger partial charge in [0.2, 0.25) is 0 Å². The van der Waals surface area contributed by atoms with Crippen LogP contribution in [0, 0.1) is 0 Å². The summed E-state index contributed by atoms with van der Waals surface area (Å²) in [5, 5.41) is 14.8. The van der Waals surface area contributed by atoms with E-state index in [0.29, 0.717) is 0 Å². The van der Waals surface area contributed by atoms with E-state index in [1.54, 1.807) is 0 Å². The van der Waals surface area contributed by atoms with Crippen molar-refractivity contribution in [1.82, 2.24) is 0 Å². The molecule has 12 nitrogen and oxygen atoms in total. The molecule has 28 heavy (non-hydrogen) atoms. The van der Waals surface area contributed by atoms with Gasteiger partial charge in [0.05, 0.1) is 7.11 Å². The Labute approximate surface area is 162 Å². The molecule has 12 heteroatoms. The number of rotatable bonds is 5. The van der Waals surface area contributed by atoms with E-state index in [4.69, 9.17) is 24.5 Å². The van der Waals surface area contributed by atoms with Crippen molar-refractivity contribution >= 4 is 35.8 Å². The zero-order valence-corrected chi connectivity index (χ0v) is 17.0. The summed E-state index contributed by atoms with van der Waals surface area (Å²) in [5.74, 6) is -3.42. The number of hydrogen-bond donors (Lipinski definition) is 2. The first-order valence-corrected chi connectivity index (χ1v) is 7.53. The molecule has 0 saturated carbocycles. The molecule has 0 amide bonds. The number of carboxylic acid groups (broad SMARTS) is 2. The van der Waals surface area contributed by atoms with Gasteiger partial charge in [0, 0.05) is 41.5 Å². The van der Waals surface area contributed by atoms with Crippen LogP contribution in [-0.4, -0.2) is 72.5 Å². The molecule has 0 aliphatic rings. The first-order valence-electron chi connectivity index (χ1n) is 7.53. The van der Waals surface area contributed by atoms with Crippen LogP contribution in [0.5, 0.6) is 0 Å². The molecular weight excluding hydrogens is 384 g/mol. The van der Waals surface area contributed by atoms with Gasteiger partial charge in [-0.2, -0.15) is 0 Å². The number of carbonyl (C=O) groups is 6. The number of methoxy groups -OCH3 is 1. The molecule has 0 aliphatic carbocycles. The molecule has 0 spiro atoms. The van der Waals surface area contributed by atoms with Gasteiger partial charge in [0.15, 0.2) is 6.10 Å². The van der Waals surface area contributed by atoms with E-state index in [1.165, 1.54) is 34.8 Å². The monoisotopic (exact) mass is 412 g/mol. The third kappa shape index (κ3) is 66.1. The molecule has 0 unspecified atom stereocenters. The van der Waals surface area contributed by atoms with Crippen LogP contribution in [0.2, 0.25) is 0 Å². The number of hydrogen-bond acceptors (Lipinski definition) is 10. The number of aliphatic carboxylic acids is 2. The fourth-order valence-electron chi connectivity index (χ4n) is 0.771. The molecule has 0 heterocycles. The highest BCUT2D eigenvalue weighted by Crippen LogP contribution is 1.97. The van der Waals surface area contributed by atoms with Gasteiger partial charge in [0.1, 0.15) is 13.2 Å². The Kier molecular flexibility index (Phi) is 25.4. The topological polar surface area (TPSA) is 180 Å². The Morgan fingerprint density at radius 1 is 0.643 bits per heavy atom. The van der Waals surface area contributed by atoms with E-state index in [2.05, 4.69) is 14.2 Å². The zero-order valence-electron chi connectivity index (χ0n) is 17.0. The molecule has 0 fully saturated rings. The van der Waals surface area contributed by atoms with E-state index in [9.17, 15) is 19.2 Å². The van der Waals surface area contributed by atoms with Crippen LogP contribution in [0.3, 0.4) is 0 Å². The normalized spacial score (nSPS) is 8.14. The molecule has 0 aliphatic heterocycles. The van der Waals surface area contributed by atoms with E-state index >= 15 is 0 Å². The molecule has 0 bridgehead atoms. The average molecular weight is 412 g/mol. The lowest BCUT2D eigenvalue weighted by Gasteiger charge is -2.15. The second-order valence-corrected chi connectivity index (χ2v) is 4.57. The number of carboxylic acids is 2. The highest BCUT2D eigenvalue weighted by molar-refractivity contribution is 5.67. The molecule has 0 atom stereocenters. The first-order chi connectivity index (χ1) is 12.6. The quantitative estimate of drug-likeness (QED) is 0.469. The molecule has 2 N–H and O–H groups in total. The smallest absolute Gasteiger partial charge is 0.303 e. The van der Waals surface area contributed by atoms with Crippen molar-refractivity contribution in [2.75, 3.05) is 20.3 Å². The van der Waals surface area contributed by atoms with E-state index in [-0.39, 0.29) is 19.2 Å². The zero-order chi connectivity index (χ0) is 23.3. The summed E-state index contributed by atoms with van der Waals surface area (Å²) < 4.78 is 18.1. The van der Waals surface area contributed by atoms with Crippen molar-refractivity contribution in [2.24, 2.45) is 0 Å². The molecular formula is C16H28O12. The van der Waals surface area contributed by atoms with Gasteiger partial charge in [0.25, 0.3) is 11.9 Å². The minimum absolute atomic E-state index is 0.123. The summed E-state index contributed by atoms with van der Waals surface area (Å²) in [6.07, 6.45) is -0.754. The van der Waals surface area contributed by atoms with Crippen molar-refractivity contribution in [2.45, 2.75) is 47.6 Å². The highest BCUT2D eigenvalue weighted by Gasteiger charge is 2.15. The minimum atomic E-state index is -0.833. The van der Waals surface area contributed by atoms with Gasteiger partial charge in [-0.05, 0) is 0 Å². The number of esters is 4. The Bertz CT molecular complexity index is 460. The Hall–Kier alpha value is -3.18. The molecule has 0 saturated heterocycles. The van der Waals surface area contributed by atoms with Gasteiger partial charge in [-0.1, -0.05) is 0 Å². The third-order valence-corrected chi connectivity index (χ3v) is 1.57.